The van der Waals surface area contributed by atoms with Crippen LogP contribution in [0.1, 0.15) is 41.6 Å². The van der Waals surface area contributed by atoms with Crippen LogP contribution < -0.4 is 4.74 Å². The van der Waals surface area contributed by atoms with E-state index in [0.717, 1.165) is 35.3 Å². The van der Waals surface area contributed by atoms with Gasteiger partial charge in [0.1, 0.15) is 23.4 Å². The summed E-state index contributed by atoms with van der Waals surface area (Å²) in [5.74, 6) is 1.72. The zero-order valence-corrected chi connectivity index (χ0v) is 12.4. The maximum atomic E-state index is 9.76. The second-order valence-corrected chi connectivity index (χ2v) is 6.09. The third-order valence-corrected chi connectivity index (χ3v) is 4.69. The Morgan fingerprint density at radius 1 is 1.00 bits per heavy atom. The van der Waals surface area contributed by atoms with Crippen LogP contribution in [0.2, 0.25) is 0 Å². The minimum absolute atomic E-state index is 0.106. The number of aromatic hydroxyl groups is 2. The highest BCUT2D eigenvalue weighted by Gasteiger charge is 2.36. The summed E-state index contributed by atoms with van der Waals surface area (Å²) < 4.78 is 6.25. The van der Waals surface area contributed by atoms with Gasteiger partial charge in [-0.25, -0.2) is 0 Å². The SMILES string of the molecule is Cc1cc(O)ccc1[C@H]1Oc2ccc(O)cc2[C@H]2CCC=C21. The molecule has 4 rings (SSSR count). The van der Waals surface area contributed by atoms with E-state index in [1.54, 1.807) is 18.2 Å². The van der Waals surface area contributed by atoms with Gasteiger partial charge in [-0.1, -0.05) is 12.1 Å². The zero-order chi connectivity index (χ0) is 15.3. The minimum Gasteiger partial charge on any atom is -0.508 e. The number of aryl methyl sites for hydroxylation is 1. The monoisotopic (exact) mass is 294 g/mol. The van der Waals surface area contributed by atoms with Crippen molar-refractivity contribution in [1.29, 1.82) is 0 Å². The Balaban J connectivity index is 1.83. The third-order valence-electron chi connectivity index (χ3n) is 4.69. The molecule has 0 saturated heterocycles. The van der Waals surface area contributed by atoms with E-state index in [4.69, 9.17) is 4.74 Å². The van der Waals surface area contributed by atoms with Crippen LogP contribution in [0.15, 0.2) is 48.0 Å². The molecule has 3 nitrogen and oxygen atoms in total. The van der Waals surface area contributed by atoms with Crippen molar-refractivity contribution in [3.05, 3.63) is 64.7 Å². The highest BCUT2D eigenvalue weighted by Crippen LogP contribution is 2.52. The van der Waals surface area contributed by atoms with E-state index in [0.29, 0.717) is 5.92 Å². The molecule has 0 saturated carbocycles. The number of phenolic OH excluding ortho intramolecular Hbond substituents is 2. The second-order valence-electron chi connectivity index (χ2n) is 6.09. The van der Waals surface area contributed by atoms with E-state index >= 15 is 0 Å². The first-order valence-electron chi connectivity index (χ1n) is 7.62. The van der Waals surface area contributed by atoms with Crippen molar-refractivity contribution >= 4 is 0 Å². The lowest BCUT2D eigenvalue weighted by atomic mass is 9.83. The average molecular weight is 294 g/mol. The van der Waals surface area contributed by atoms with E-state index in [9.17, 15) is 10.2 Å². The summed E-state index contributed by atoms with van der Waals surface area (Å²) >= 11 is 0. The summed E-state index contributed by atoms with van der Waals surface area (Å²) in [6.07, 6.45) is 4.24. The van der Waals surface area contributed by atoms with Gasteiger partial charge in [-0.15, -0.1) is 0 Å². The van der Waals surface area contributed by atoms with Crippen LogP contribution in [0.4, 0.5) is 0 Å². The molecule has 112 valence electrons. The van der Waals surface area contributed by atoms with E-state index in [1.807, 2.05) is 25.1 Å². The Morgan fingerprint density at radius 2 is 1.77 bits per heavy atom. The van der Waals surface area contributed by atoms with Crippen LogP contribution in [0.3, 0.4) is 0 Å². The van der Waals surface area contributed by atoms with E-state index in [1.165, 1.54) is 5.57 Å². The summed E-state index contributed by atoms with van der Waals surface area (Å²) in [7, 11) is 0. The molecule has 22 heavy (non-hydrogen) atoms. The average Bonchev–Trinajstić information content (AvgIpc) is 2.97. The predicted molar refractivity (Wildman–Crippen MR) is 84.4 cm³/mol. The fourth-order valence-electron chi connectivity index (χ4n) is 3.66. The molecule has 0 bridgehead atoms. The number of hydrogen-bond acceptors (Lipinski definition) is 3. The van der Waals surface area contributed by atoms with Crippen LogP contribution in [0.25, 0.3) is 0 Å². The molecule has 1 heterocycles. The molecule has 2 atom stereocenters. The largest absolute Gasteiger partial charge is 0.508 e. The van der Waals surface area contributed by atoms with Gasteiger partial charge in [0, 0.05) is 11.5 Å². The van der Waals surface area contributed by atoms with Crippen molar-refractivity contribution in [2.24, 2.45) is 0 Å². The molecular weight excluding hydrogens is 276 g/mol. The van der Waals surface area contributed by atoms with Crippen molar-refractivity contribution in [3.8, 4) is 17.2 Å². The first kappa shape index (κ1) is 13.3. The molecule has 2 aromatic carbocycles. The zero-order valence-electron chi connectivity index (χ0n) is 12.4. The molecule has 0 unspecified atom stereocenters. The summed E-state index contributed by atoms with van der Waals surface area (Å²) in [4.78, 5) is 0. The Morgan fingerprint density at radius 3 is 2.59 bits per heavy atom. The molecule has 2 N–H and O–H groups in total. The number of hydrogen-bond donors (Lipinski definition) is 2. The summed E-state index contributed by atoms with van der Waals surface area (Å²) in [6.45, 7) is 2.00. The first-order chi connectivity index (χ1) is 10.6. The fraction of sp³-hybridized carbons (Fsp3) is 0.263. The second kappa shape index (κ2) is 4.80. The predicted octanol–water partition coefficient (Wildman–Crippen LogP) is 4.34. The maximum absolute atomic E-state index is 9.76. The number of ether oxygens (including phenoxy) is 1. The van der Waals surface area contributed by atoms with Crippen molar-refractivity contribution in [2.45, 2.75) is 31.8 Å². The maximum Gasteiger partial charge on any atom is 0.146 e. The Hall–Kier alpha value is -2.42. The lowest BCUT2D eigenvalue weighted by molar-refractivity contribution is 0.215. The van der Waals surface area contributed by atoms with E-state index in [-0.39, 0.29) is 17.6 Å². The van der Waals surface area contributed by atoms with Gasteiger partial charge in [-0.3, -0.25) is 0 Å². The normalized spacial score (nSPS) is 22.5. The third kappa shape index (κ3) is 1.97. The topological polar surface area (TPSA) is 49.7 Å². The molecule has 0 amide bonds. The van der Waals surface area contributed by atoms with Gasteiger partial charge >= 0.3 is 0 Å². The lowest BCUT2D eigenvalue weighted by Crippen LogP contribution is -2.21. The molecule has 0 aromatic heterocycles. The van der Waals surface area contributed by atoms with Crippen molar-refractivity contribution in [1.82, 2.24) is 0 Å². The van der Waals surface area contributed by atoms with Crippen molar-refractivity contribution < 1.29 is 14.9 Å². The quantitative estimate of drug-likeness (QED) is 0.769. The van der Waals surface area contributed by atoms with Crippen LogP contribution in [-0.4, -0.2) is 10.2 Å². The molecule has 3 heteroatoms. The van der Waals surface area contributed by atoms with Gasteiger partial charge in [0.2, 0.25) is 0 Å². The summed E-state index contributed by atoms with van der Waals surface area (Å²) in [5, 5.41) is 19.4. The molecule has 1 aliphatic carbocycles. The van der Waals surface area contributed by atoms with Crippen LogP contribution in [0, 0.1) is 6.92 Å². The molecule has 1 aliphatic heterocycles. The van der Waals surface area contributed by atoms with Gasteiger partial charge in [-0.2, -0.15) is 0 Å². The molecule has 2 aromatic rings. The highest BCUT2D eigenvalue weighted by atomic mass is 16.5. The van der Waals surface area contributed by atoms with Gasteiger partial charge < -0.3 is 14.9 Å². The van der Waals surface area contributed by atoms with Gasteiger partial charge in [0.15, 0.2) is 0 Å². The lowest BCUT2D eigenvalue weighted by Gasteiger charge is -2.33. The summed E-state index contributed by atoms with van der Waals surface area (Å²) in [6, 6.07) is 10.8. The number of rotatable bonds is 1. The minimum atomic E-state index is -0.106. The van der Waals surface area contributed by atoms with Gasteiger partial charge in [-0.05, 0) is 66.8 Å². The standard InChI is InChI=1S/C19H18O3/c1-11-9-12(20)5-7-14(11)19-16-4-2-3-15(16)17-10-13(21)6-8-18(17)22-19/h4-10,15,19-21H,2-3H2,1H3/t15-,19+/m0/s1. The number of benzene rings is 2. The molecule has 0 spiro atoms. The Kier molecular flexibility index (Phi) is 2.89. The van der Waals surface area contributed by atoms with Gasteiger partial charge in [0.05, 0.1) is 0 Å². The number of allylic oxidation sites excluding steroid dienone is 1. The van der Waals surface area contributed by atoms with Crippen molar-refractivity contribution in [3.63, 3.8) is 0 Å². The van der Waals surface area contributed by atoms with Crippen LogP contribution >= 0.6 is 0 Å². The van der Waals surface area contributed by atoms with Crippen molar-refractivity contribution in [2.75, 3.05) is 0 Å². The van der Waals surface area contributed by atoms with Gasteiger partial charge in [0.25, 0.3) is 0 Å². The molecular formula is C19H18O3. The number of fused-ring (bicyclic) bond motifs is 3. The van der Waals surface area contributed by atoms with Crippen LogP contribution in [0.5, 0.6) is 17.2 Å². The molecule has 0 fully saturated rings. The van der Waals surface area contributed by atoms with Crippen LogP contribution in [-0.2, 0) is 0 Å². The Bertz CT molecular complexity index is 776. The highest BCUT2D eigenvalue weighted by molar-refractivity contribution is 5.53. The Labute approximate surface area is 129 Å². The number of phenols is 2. The van der Waals surface area contributed by atoms with E-state index in [2.05, 4.69) is 6.08 Å². The smallest absolute Gasteiger partial charge is 0.146 e. The summed E-state index contributed by atoms with van der Waals surface area (Å²) in [5.41, 5.74) is 4.47. The fourth-order valence-corrected chi connectivity index (χ4v) is 3.66. The molecule has 2 aliphatic rings. The molecule has 0 radical (unpaired) electrons. The first-order valence-corrected chi connectivity index (χ1v) is 7.62. The van der Waals surface area contributed by atoms with E-state index < -0.39 is 0 Å².